The molecule has 1 aliphatic heterocycles. The van der Waals surface area contributed by atoms with Gasteiger partial charge in [0.05, 0.1) is 7.11 Å². The molecule has 0 aliphatic carbocycles. The third-order valence-electron chi connectivity index (χ3n) is 3.96. The van der Waals surface area contributed by atoms with Gasteiger partial charge in [-0.15, -0.1) is 0 Å². The molecule has 6 nitrogen and oxygen atoms in total. The van der Waals surface area contributed by atoms with Crippen LogP contribution in [-0.4, -0.2) is 33.9 Å². The first-order chi connectivity index (χ1) is 11.4. The van der Waals surface area contributed by atoms with Crippen molar-refractivity contribution in [2.75, 3.05) is 7.11 Å². The van der Waals surface area contributed by atoms with Gasteiger partial charge in [-0.2, -0.15) is 0 Å². The minimum absolute atomic E-state index is 0.0196. The molecule has 130 valence electrons. The van der Waals surface area contributed by atoms with Gasteiger partial charge < -0.3 is 20.1 Å². The molecule has 1 aromatic carbocycles. The molecule has 1 aromatic rings. The fourth-order valence-electron chi connectivity index (χ4n) is 2.70. The Morgan fingerprint density at radius 1 is 1.42 bits per heavy atom. The minimum atomic E-state index is -1.13. The molecule has 0 fully saturated rings. The van der Waals surface area contributed by atoms with Crippen LogP contribution in [-0.2, 0) is 16.1 Å². The van der Waals surface area contributed by atoms with Gasteiger partial charge in [0.15, 0.2) is 16.6 Å². The Bertz CT molecular complexity index is 644. The van der Waals surface area contributed by atoms with Gasteiger partial charge in [-0.25, -0.2) is 4.79 Å². The highest BCUT2D eigenvalue weighted by Crippen LogP contribution is 2.38. The lowest BCUT2D eigenvalue weighted by Crippen LogP contribution is -2.47. The largest absolute Gasteiger partial charge is 0.497 e. The monoisotopic (exact) mass is 396 g/mol. The summed E-state index contributed by atoms with van der Waals surface area (Å²) in [7, 11) is 1.59. The lowest BCUT2D eigenvalue weighted by atomic mass is 10.1. The van der Waals surface area contributed by atoms with Crippen molar-refractivity contribution in [3.05, 3.63) is 41.2 Å². The summed E-state index contributed by atoms with van der Waals surface area (Å²) in [6, 6.07) is 7.41. The summed E-state index contributed by atoms with van der Waals surface area (Å²) in [5.74, 6) is -0.395. The summed E-state index contributed by atoms with van der Waals surface area (Å²) < 4.78 is 4.36. The van der Waals surface area contributed by atoms with E-state index in [4.69, 9.17) is 4.74 Å². The predicted molar refractivity (Wildman–Crippen MR) is 93.6 cm³/mol. The van der Waals surface area contributed by atoms with Gasteiger partial charge in [0.25, 0.3) is 0 Å². The summed E-state index contributed by atoms with van der Waals surface area (Å²) in [4.78, 5) is 24.7. The highest BCUT2D eigenvalue weighted by Gasteiger charge is 2.45. The van der Waals surface area contributed by atoms with Crippen molar-refractivity contribution in [2.24, 2.45) is 0 Å². The van der Waals surface area contributed by atoms with Gasteiger partial charge in [0.2, 0.25) is 0 Å². The number of hydrogen-bond acceptors (Lipinski definition) is 5. The number of benzene rings is 1. The van der Waals surface area contributed by atoms with E-state index in [-0.39, 0.29) is 11.4 Å². The van der Waals surface area contributed by atoms with Crippen LogP contribution in [0.5, 0.6) is 5.75 Å². The number of unbranched alkanes of at least 4 members (excludes halogenated alkanes) is 1. The van der Waals surface area contributed by atoms with Gasteiger partial charge in [-0.05, 0) is 46.5 Å². The van der Waals surface area contributed by atoms with Crippen molar-refractivity contribution >= 4 is 28.2 Å². The van der Waals surface area contributed by atoms with Gasteiger partial charge >= 0.3 is 5.97 Å². The van der Waals surface area contributed by atoms with Crippen LogP contribution in [0.1, 0.15) is 31.7 Å². The van der Waals surface area contributed by atoms with E-state index < -0.39 is 10.5 Å². The van der Waals surface area contributed by atoms with E-state index in [0.717, 1.165) is 24.2 Å². The number of nitrogens with one attached hydrogen (secondary N) is 1. The smallest absolute Gasteiger partial charge is 0.354 e. The lowest BCUT2D eigenvalue weighted by molar-refractivity contribution is -0.135. The molecule has 0 aromatic heterocycles. The number of hydrogen-bond donors (Lipinski definition) is 2. The van der Waals surface area contributed by atoms with E-state index in [1.54, 1.807) is 12.0 Å². The molecule has 1 aliphatic rings. The quantitative estimate of drug-likeness (QED) is 0.399. The van der Waals surface area contributed by atoms with Crippen molar-refractivity contribution < 1.29 is 19.4 Å². The van der Waals surface area contributed by atoms with Crippen molar-refractivity contribution in [3.8, 4) is 5.75 Å². The Hall–Kier alpha value is -2.02. The van der Waals surface area contributed by atoms with E-state index in [2.05, 4.69) is 28.2 Å². The first-order valence-corrected chi connectivity index (χ1v) is 8.55. The maximum atomic E-state index is 11.7. The molecule has 0 spiro atoms. The minimum Gasteiger partial charge on any atom is -0.497 e. The molecule has 7 heteroatoms. The normalized spacial score (nSPS) is 20.0. The lowest BCUT2D eigenvalue weighted by Gasteiger charge is -2.36. The number of halogens is 1. The van der Waals surface area contributed by atoms with Gasteiger partial charge in [0, 0.05) is 6.54 Å². The molecule has 1 unspecified atom stereocenters. The Morgan fingerprint density at radius 2 is 2.08 bits per heavy atom. The molecule has 0 radical (unpaired) electrons. The van der Waals surface area contributed by atoms with Crippen molar-refractivity contribution in [3.63, 3.8) is 0 Å². The summed E-state index contributed by atoms with van der Waals surface area (Å²) in [6.07, 6.45) is 3.06. The van der Waals surface area contributed by atoms with E-state index in [0.29, 0.717) is 19.3 Å². The number of methoxy groups -OCH3 is 1. The highest BCUT2D eigenvalue weighted by atomic mass is 79.9. The fourth-order valence-corrected chi connectivity index (χ4v) is 3.49. The molecule has 2 rings (SSSR count). The van der Waals surface area contributed by atoms with Gasteiger partial charge in [-0.3, -0.25) is 4.79 Å². The molecule has 24 heavy (non-hydrogen) atoms. The number of ether oxygens (including phenoxy) is 1. The average molecular weight is 397 g/mol. The van der Waals surface area contributed by atoms with Gasteiger partial charge in [-0.1, -0.05) is 25.5 Å². The third kappa shape index (κ3) is 3.72. The average Bonchev–Trinajstić information content (AvgIpc) is 2.86. The number of nitrogens with zero attached hydrogens (tertiary/aromatic N) is 1. The predicted octanol–water partition coefficient (Wildman–Crippen LogP) is 2.83. The van der Waals surface area contributed by atoms with Crippen LogP contribution < -0.4 is 10.1 Å². The number of carboxylic acids is 1. The molecular formula is C17H21BrN2O4. The standard InChI is InChI=1S/C17H21BrN2O4/c1-3-4-9-17(18)19-14(11-21)15(16(22)23)20(17)10-12-5-7-13(24-2)8-6-12/h5-8,11,19H,3-4,9-10H2,1-2H3,(H,22,23). The first-order valence-electron chi connectivity index (χ1n) is 7.75. The molecule has 0 saturated heterocycles. The molecule has 1 atom stereocenters. The summed E-state index contributed by atoms with van der Waals surface area (Å²) in [6.45, 7) is 2.41. The van der Waals surface area contributed by atoms with Crippen LogP contribution in [0.25, 0.3) is 0 Å². The zero-order chi connectivity index (χ0) is 17.7. The number of carbonyl (C=O) groups excluding carboxylic acids is 1. The molecule has 0 bridgehead atoms. The number of rotatable bonds is 8. The second-order valence-electron chi connectivity index (χ2n) is 5.61. The van der Waals surface area contributed by atoms with Crippen molar-refractivity contribution in [1.82, 2.24) is 10.2 Å². The van der Waals surface area contributed by atoms with Crippen molar-refractivity contribution in [2.45, 2.75) is 37.3 Å². The molecular weight excluding hydrogens is 376 g/mol. The van der Waals surface area contributed by atoms with Crippen LogP contribution in [0.15, 0.2) is 35.7 Å². The fraction of sp³-hybridized carbons (Fsp3) is 0.412. The zero-order valence-electron chi connectivity index (χ0n) is 13.7. The van der Waals surface area contributed by atoms with E-state index >= 15 is 0 Å². The van der Waals surface area contributed by atoms with Crippen molar-refractivity contribution in [1.29, 1.82) is 0 Å². The maximum Gasteiger partial charge on any atom is 0.354 e. The molecule has 0 saturated carbocycles. The summed E-state index contributed by atoms with van der Waals surface area (Å²) >= 11 is 3.62. The molecule has 1 heterocycles. The summed E-state index contributed by atoms with van der Waals surface area (Å²) in [5, 5.41) is 12.6. The van der Waals surface area contributed by atoms with Crippen LogP contribution >= 0.6 is 15.9 Å². The van der Waals surface area contributed by atoms with Crippen LogP contribution in [0.4, 0.5) is 0 Å². The maximum absolute atomic E-state index is 11.7. The van der Waals surface area contributed by atoms with Crippen LogP contribution in [0.3, 0.4) is 0 Å². The SMILES string of the molecule is CCCCC1(Br)NC(C=O)=C(C(=O)O)N1Cc1ccc(OC)cc1. The number of aldehydes is 1. The Balaban J connectivity index is 2.34. The Morgan fingerprint density at radius 3 is 2.58 bits per heavy atom. The summed E-state index contributed by atoms with van der Waals surface area (Å²) in [5.41, 5.74) is 0.988. The van der Waals surface area contributed by atoms with Crippen LogP contribution in [0.2, 0.25) is 0 Å². The van der Waals surface area contributed by atoms with E-state index in [1.807, 2.05) is 24.3 Å². The highest BCUT2D eigenvalue weighted by molar-refractivity contribution is 9.10. The zero-order valence-corrected chi connectivity index (χ0v) is 15.3. The number of allylic oxidation sites excluding steroid dienone is 1. The Kier molecular flexibility index (Phi) is 5.88. The third-order valence-corrected chi connectivity index (χ3v) is 4.98. The molecule has 2 N–H and O–H groups in total. The van der Waals surface area contributed by atoms with Crippen LogP contribution in [0, 0.1) is 0 Å². The topological polar surface area (TPSA) is 78.9 Å². The number of carboxylic acid groups (broad SMARTS) is 1. The Labute approximate surface area is 149 Å². The van der Waals surface area contributed by atoms with E-state index in [9.17, 15) is 14.7 Å². The van der Waals surface area contributed by atoms with E-state index in [1.165, 1.54) is 0 Å². The second-order valence-corrected chi connectivity index (χ2v) is 6.92. The number of aliphatic carboxylic acids is 1. The second kappa shape index (κ2) is 7.70. The number of alkyl halides is 1. The number of carbonyl (C=O) groups is 2. The molecule has 0 amide bonds. The van der Waals surface area contributed by atoms with Gasteiger partial charge in [0.1, 0.15) is 11.4 Å². The first kappa shape index (κ1) is 18.3.